The minimum absolute atomic E-state index is 0.0244. The number of hydrogen-bond donors (Lipinski definition) is 1. The molecule has 0 spiro atoms. The molecular weight excluding hydrogens is 298 g/mol. The highest BCUT2D eigenvalue weighted by Gasteiger charge is 2.38. The summed E-state index contributed by atoms with van der Waals surface area (Å²) in [6, 6.07) is 11.4. The van der Waals surface area contributed by atoms with Gasteiger partial charge in [0.1, 0.15) is 17.4 Å². The van der Waals surface area contributed by atoms with E-state index in [0.717, 1.165) is 0 Å². The van der Waals surface area contributed by atoms with Crippen molar-refractivity contribution in [3.8, 4) is 12.1 Å². The first-order chi connectivity index (χ1) is 10.3. The quantitative estimate of drug-likeness (QED) is 0.850. The highest BCUT2D eigenvalue weighted by molar-refractivity contribution is 6.31. The Bertz CT molecular complexity index is 757. The first-order valence-corrected chi connectivity index (χ1v) is 7.15. The van der Waals surface area contributed by atoms with E-state index in [4.69, 9.17) is 22.1 Å². The number of rotatable bonds is 1. The fraction of sp³-hybridized carbons (Fsp3) is 0.294. The Morgan fingerprint density at radius 1 is 1.14 bits per heavy atom. The van der Waals surface area contributed by atoms with Gasteiger partial charge in [-0.3, -0.25) is 0 Å². The molecule has 0 saturated heterocycles. The molecule has 1 aromatic carbocycles. The van der Waals surface area contributed by atoms with Crippen molar-refractivity contribution in [3.05, 3.63) is 57.6 Å². The van der Waals surface area contributed by atoms with Crippen molar-refractivity contribution in [2.45, 2.75) is 26.7 Å². The zero-order chi connectivity index (χ0) is 16.5. The van der Waals surface area contributed by atoms with Crippen LogP contribution in [0.25, 0.3) is 0 Å². The first-order valence-electron chi connectivity index (χ1n) is 6.78. The fourth-order valence-electron chi connectivity index (χ4n) is 2.45. The van der Waals surface area contributed by atoms with E-state index in [1.807, 2.05) is 26.8 Å². The van der Waals surface area contributed by atoms with E-state index in [2.05, 4.69) is 12.1 Å². The second kappa shape index (κ2) is 5.75. The Labute approximate surface area is 135 Å². The van der Waals surface area contributed by atoms with Crippen molar-refractivity contribution in [1.82, 2.24) is 0 Å². The molecule has 2 N–H and O–H groups in total. The van der Waals surface area contributed by atoms with Crippen molar-refractivity contribution < 1.29 is 4.74 Å². The van der Waals surface area contributed by atoms with Gasteiger partial charge < -0.3 is 10.5 Å². The highest BCUT2D eigenvalue weighted by Crippen LogP contribution is 2.45. The van der Waals surface area contributed by atoms with Crippen LogP contribution in [0.15, 0.2) is 47.1 Å². The van der Waals surface area contributed by atoms with Gasteiger partial charge in [-0.2, -0.15) is 10.5 Å². The predicted molar refractivity (Wildman–Crippen MR) is 84.2 cm³/mol. The molecular formula is C17H16ClN3O. The molecule has 0 saturated carbocycles. The molecule has 0 aliphatic carbocycles. The van der Waals surface area contributed by atoms with Gasteiger partial charge >= 0.3 is 0 Å². The summed E-state index contributed by atoms with van der Waals surface area (Å²) < 4.78 is 5.60. The van der Waals surface area contributed by atoms with Crippen LogP contribution in [0.1, 0.15) is 32.3 Å². The summed E-state index contributed by atoms with van der Waals surface area (Å²) >= 11 is 6.27. The van der Waals surface area contributed by atoms with Crippen molar-refractivity contribution in [3.63, 3.8) is 0 Å². The number of benzene rings is 1. The molecule has 1 heterocycles. The zero-order valence-electron chi connectivity index (χ0n) is 12.6. The second-order valence-corrected chi connectivity index (χ2v) is 6.46. The number of halogens is 1. The average molecular weight is 314 g/mol. The largest absolute Gasteiger partial charge is 0.443 e. The molecule has 4 nitrogen and oxygen atoms in total. The lowest BCUT2D eigenvalue weighted by Gasteiger charge is -2.32. The molecule has 1 aliphatic heterocycles. The molecule has 1 atom stereocenters. The fourth-order valence-corrected chi connectivity index (χ4v) is 2.69. The lowest BCUT2D eigenvalue weighted by Crippen LogP contribution is -2.26. The Morgan fingerprint density at radius 3 is 2.23 bits per heavy atom. The molecule has 0 aromatic heterocycles. The third kappa shape index (κ3) is 2.66. The van der Waals surface area contributed by atoms with Crippen molar-refractivity contribution >= 4 is 11.6 Å². The van der Waals surface area contributed by atoms with Crippen LogP contribution >= 0.6 is 11.6 Å². The maximum absolute atomic E-state index is 9.64. The number of nitriles is 2. The van der Waals surface area contributed by atoms with Crippen molar-refractivity contribution in [2.24, 2.45) is 11.1 Å². The van der Waals surface area contributed by atoms with Crippen LogP contribution in [0.5, 0.6) is 0 Å². The Balaban J connectivity index is 2.77. The van der Waals surface area contributed by atoms with E-state index in [-0.39, 0.29) is 11.5 Å². The van der Waals surface area contributed by atoms with Crippen LogP contribution in [-0.2, 0) is 4.74 Å². The molecule has 0 bridgehead atoms. The average Bonchev–Trinajstić information content (AvgIpc) is 2.45. The predicted octanol–water partition coefficient (Wildman–Crippen LogP) is 3.97. The smallest absolute Gasteiger partial charge is 0.205 e. The molecule has 1 aliphatic rings. The molecule has 22 heavy (non-hydrogen) atoms. The lowest BCUT2D eigenvalue weighted by atomic mass is 9.79. The number of nitrogens with zero attached hydrogens (tertiary/aromatic N) is 2. The Hall–Kier alpha value is -2.43. The van der Waals surface area contributed by atoms with Gasteiger partial charge in [0.05, 0.1) is 17.6 Å². The molecule has 0 unspecified atom stereocenters. The number of ether oxygens (including phenoxy) is 1. The standard InChI is InChI=1S/C17H16ClN3O/c1-17(2,3)15-11(8-19)14(12(9-20)16(21)22-15)10-6-4-5-7-13(10)18/h4-7,14H,21H2,1-3H3/t14-/m0/s1. The monoisotopic (exact) mass is 313 g/mol. The lowest BCUT2D eigenvalue weighted by molar-refractivity contribution is 0.199. The van der Waals surface area contributed by atoms with Crippen LogP contribution in [0.2, 0.25) is 5.02 Å². The third-order valence-electron chi connectivity index (χ3n) is 3.44. The topological polar surface area (TPSA) is 82.8 Å². The van der Waals surface area contributed by atoms with E-state index >= 15 is 0 Å². The first kappa shape index (κ1) is 15.9. The van der Waals surface area contributed by atoms with Crippen LogP contribution in [-0.4, -0.2) is 0 Å². The molecule has 112 valence electrons. The van der Waals surface area contributed by atoms with Gasteiger partial charge in [-0.15, -0.1) is 0 Å². The minimum atomic E-state index is -0.605. The van der Waals surface area contributed by atoms with E-state index in [1.165, 1.54) is 0 Å². The normalized spacial score (nSPS) is 18.5. The van der Waals surface area contributed by atoms with Gasteiger partial charge in [0.15, 0.2) is 0 Å². The molecule has 5 heteroatoms. The summed E-state index contributed by atoms with van der Waals surface area (Å²) in [7, 11) is 0. The van der Waals surface area contributed by atoms with Crippen LogP contribution in [0.4, 0.5) is 0 Å². The zero-order valence-corrected chi connectivity index (χ0v) is 13.4. The summed E-state index contributed by atoms with van der Waals surface area (Å²) in [4.78, 5) is 0. The van der Waals surface area contributed by atoms with E-state index in [9.17, 15) is 10.5 Å². The van der Waals surface area contributed by atoms with Crippen LogP contribution in [0.3, 0.4) is 0 Å². The van der Waals surface area contributed by atoms with Gasteiger partial charge in [0, 0.05) is 10.4 Å². The molecule has 2 rings (SSSR count). The second-order valence-electron chi connectivity index (χ2n) is 6.05. The Kier molecular flexibility index (Phi) is 4.17. The van der Waals surface area contributed by atoms with Crippen LogP contribution < -0.4 is 5.73 Å². The summed E-state index contributed by atoms with van der Waals surface area (Å²) in [6.45, 7) is 5.77. The van der Waals surface area contributed by atoms with Gasteiger partial charge in [-0.05, 0) is 11.6 Å². The molecule has 1 aromatic rings. The highest BCUT2D eigenvalue weighted by atomic mass is 35.5. The maximum atomic E-state index is 9.64. The van der Waals surface area contributed by atoms with Gasteiger partial charge in [0.25, 0.3) is 0 Å². The number of hydrogen-bond acceptors (Lipinski definition) is 4. The molecule has 0 radical (unpaired) electrons. The van der Waals surface area contributed by atoms with Gasteiger partial charge in [-0.25, -0.2) is 0 Å². The van der Waals surface area contributed by atoms with E-state index in [0.29, 0.717) is 21.9 Å². The number of allylic oxidation sites excluding steroid dienone is 3. The van der Waals surface area contributed by atoms with Crippen LogP contribution in [0, 0.1) is 28.1 Å². The van der Waals surface area contributed by atoms with E-state index in [1.54, 1.807) is 18.2 Å². The Morgan fingerprint density at radius 2 is 1.73 bits per heavy atom. The van der Waals surface area contributed by atoms with Crippen molar-refractivity contribution in [1.29, 1.82) is 10.5 Å². The molecule has 0 amide bonds. The summed E-state index contributed by atoms with van der Waals surface area (Å²) in [5.74, 6) is -0.112. The third-order valence-corrected chi connectivity index (χ3v) is 3.78. The summed E-state index contributed by atoms with van der Waals surface area (Å²) in [6.07, 6.45) is 0. The maximum Gasteiger partial charge on any atom is 0.205 e. The number of nitrogens with two attached hydrogens (primary N) is 1. The van der Waals surface area contributed by atoms with Crippen molar-refractivity contribution in [2.75, 3.05) is 0 Å². The van der Waals surface area contributed by atoms with Gasteiger partial charge in [0.2, 0.25) is 5.88 Å². The minimum Gasteiger partial charge on any atom is -0.443 e. The summed E-state index contributed by atoms with van der Waals surface area (Å²) in [5.41, 5.74) is 6.74. The van der Waals surface area contributed by atoms with Gasteiger partial charge in [-0.1, -0.05) is 50.6 Å². The SMILES string of the molecule is CC(C)(C)C1=C(C#N)[C@H](c2ccccc2Cl)C(C#N)=C(N)O1. The summed E-state index contributed by atoms with van der Waals surface area (Å²) in [5, 5.41) is 19.6. The molecule has 0 fully saturated rings. The van der Waals surface area contributed by atoms with E-state index < -0.39 is 11.3 Å².